The summed E-state index contributed by atoms with van der Waals surface area (Å²) in [6.07, 6.45) is 5.48. The molecule has 0 amide bonds. The number of pyridine rings is 1. The van der Waals surface area contributed by atoms with E-state index in [-0.39, 0.29) is 68.3 Å². The Kier molecular flexibility index (Phi) is 8.96. The van der Waals surface area contributed by atoms with Crippen molar-refractivity contribution in [2.24, 2.45) is 5.92 Å². The fourth-order valence-electron chi connectivity index (χ4n) is 10.8. The highest BCUT2D eigenvalue weighted by Crippen LogP contribution is 2.42. The van der Waals surface area contributed by atoms with Crippen molar-refractivity contribution in [2.45, 2.75) is 79.1 Å². The molecule has 0 aliphatic carbocycles. The second-order valence-corrected chi connectivity index (χ2v) is 22.8. The van der Waals surface area contributed by atoms with E-state index >= 15 is 0 Å². The molecule has 0 radical (unpaired) electrons. The van der Waals surface area contributed by atoms with Crippen molar-refractivity contribution < 1.29 is 27.1 Å². The Balaban J connectivity index is 0.987. The summed E-state index contributed by atoms with van der Waals surface area (Å²) in [7, 11) is 0. The Morgan fingerprint density at radius 1 is 0.506 bits per heavy atom. The van der Waals surface area contributed by atoms with Crippen molar-refractivity contribution in [2.75, 3.05) is 0 Å². The van der Waals surface area contributed by atoms with Gasteiger partial charge in [-0.15, -0.1) is 0 Å². The van der Waals surface area contributed by atoms with Gasteiger partial charge in [0.25, 0.3) is 6.33 Å². The third kappa shape index (κ3) is 8.76. The lowest BCUT2D eigenvalue weighted by Crippen LogP contribution is -2.31. The van der Waals surface area contributed by atoms with Gasteiger partial charge in [0.2, 0.25) is 0 Å². The molecule has 1 atom stereocenters. The summed E-state index contributed by atoms with van der Waals surface area (Å²) in [6.45, 7) is 19.6. The monoisotopic (exact) mass is 1040 g/mol. The Labute approximate surface area is 481 Å². The lowest BCUT2D eigenvalue weighted by molar-refractivity contribution is -0.571. The van der Waals surface area contributed by atoms with E-state index in [0.717, 1.165) is 60.7 Å². The van der Waals surface area contributed by atoms with Crippen molar-refractivity contribution in [3.05, 3.63) is 241 Å². The Morgan fingerprint density at radius 2 is 1.16 bits per heavy atom. The van der Waals surface area contributed by atoms with Crippen LogP contribution in [0.25, 0.3) is 99.8 Å². The molecule has 0 spiro atoms. The van der Waals surface area contributed by atoms with Gasteiger partial charge in [0.05, 0.1) is 62.3 Å². The number of benzene rings is 9. The summed E-state index contributed by atoms with van der Waals surface area (Å²) < 4.78 is 130. The fourth-order valence-corrected chi connectivity index (χ4v) is 10.8. The minimum atomic E-state index is -0.514. The van der Waals surface area contributed by atoms with Gasteiger partial charge in [-0.05, 0) is 134 Å². The Morgan fingerprint density at radius 3 is 1.87 bits per heavy atom. The predicted molar refractivity (Wildman–Crippen MR) is 328 cm³/mol. The van der Waals surface area contributed by atoms with Crippen LogP contribution >= 0.6 is 0 Å². The number of rotatable bonds is 10. The van der Waals surface area contributed by atoms with Crippen molar-refractivity contribution >= 4 is 54.6 Å². The third-order valence-corrected chi connectivity index (χ3v) is 15.4. The van der Waals surface area contributed by atoms with Crippen molar-refractivity contribution in [3.63, 3.8) is 0 Å². The van der Waals surface area contributed by atoms with Crippen LogP contribution in [0.5, 0.6) is 11.5 Å². The molecular formula is C73H65N5O. The number of ether oxygens (including phenoxy) is 1. The van der Waals surface area contributed by atoms with Crippen LogP contribution in [0.3, 0.4) is 0 Å². The van der Waals surface area contributed by atoms with E-state index in [4.69, 9.17) is 22.1 Å². The normalized spacial score (nSPS) is 15.0. The summed E-state index contributed by atoms with van der Waals surface area (Å²) in [5.41, 5.74) is 9.68. The molecule has 0 aliphatic heterocycles. The van der Waals surface area contributed by atoms with Gasteiger partial charge in [-0.1, -0.05) is 196 Å². The minimum Gasteiger partial charge on any atom is -0.458 e. The number of para-hydroxylation sites is 5. The summed E-state index contributed by atoms with van der Waals surface area (Å²) in [6, 6.07) is 37.6. The SMILES string of the molecule is [2H]c1c([2H])c([2H])c(-c2cccc(-c3cc(C(C)(C)C)cc(C(C)(C)C)c3)c2-[n+]2[c-]n(-c3cccc(Oc4ccc5c6cc(-n7c8c([2H])c([2H])c([2H])c([2H])c8c8c([2H])c([2H])c([2H])c([2H])c87)ccc6n(-c6cc(C(C)C(C)C)ccn6)c5c4)c3)c3ccccc32)c([2H])c1[2H]. The smallest absolute Gasteiger partial charge is 0.269 e. The summed E-state index contributed by atoms with van der Waals surface area (Å²) in [4.78, 5) is 4.95. The van der Waals surface area contributed by atoms with Gasteiger partial charge in [-0.25, -0.2) is 4.98 Å². The molecule has 4 heterocycles. The highest BCUT2D eigenvalue weighted by atomic mass is 16.5. The van der Waals surface area contributed by atoms with E-state index in [2.05, 4.69) is 97.5 Å². The highest BCUT2D eigenvalue weighted by molar-refractivity contribution is 6.12. The lowest BCUT2D eigenvalue weighted by atomic mass is 9.78. The molecule has 13 aromatic rings. The number of imidazole rings is 1. The molecule has 0 bridgehead atoms. The fraction of sp³-hybridized carbons (Fsp3) is 0.178. The van der Waals surface area contributed by atoms with Crippen LogP contribution in [0.2, 0.25) is 0 Å². The van der Waals surface area contributed by atoms with E-state index in [1.807, 2.05) is 112 Å². The molecule has 9 aromatic carbocycles. The predicted octanol–water partition coefficient (Wildman–Crippen LogP) is 18.8. The molecule has 1 unspecified atom stereocenters. The van der Waals surface area contributed by atoms with E-state index in [9.17, 15) is 5.48 Å². The zero-order valence-corrected chi connectivity index (χ0v) is 45.6. The van der Waals surface area contributed by atoms with Gasteiger partial charge < -0.3 is 9.30 Å². The zero-order chi connectivity index (χ0) is 65.6. The summed E-state index contributed by atoms with van der Waals surface area (Å²) in [5, 5.41) is 1.49. The van der Waals surface area contributed by atoms with Crippen LogP contribution in [0, 0.1) is 12.2 Å². The standard InChI is InChI=1S/C73H65N5O/c1-47(2)48(3)50-37-38-74-70(41-50)78-66-36-33-55(77-64-29-15-13-25-60(64)61-26-14-16-30-65(61)77)44-63(66)62-35-34-57(45-69(62)78)79-56-24-19-23-54(43-56)75-46-76(68-32-18-17-31-67(68)75)71-58(49-21-11-10-12-22-49)27-20-28-59(71)51-39-52(72(4,5)6)42-53(40-51)73(7,8)9/h10-45,47-48H,1-9H3/i10D,11D,12D,13D,14D,15D,16D,21D,22D,25D,26D,29D,30D. The molecule has 6 heteroatoms. The molecule has 388 valence electrons. The van der Waals surface area contributed by atoms with Gasteiger partial charge in [0.1, 0.15) is 17.3 Å². The van der Waals surface area contributed by atoms with Crippen LogP contribution in [0.1, 0.15) is 103 Å². The summed E-state index contributed by atoms with van der Waals surface area (Å²) >= 11 is 0. The maximum Gasteiger partial charge on any atom is 0.269 e. The van der Waals surface area contributed by atoms with E-state index in [0.29, 0.717) is 45.9 Å². The third-order valence-electron chi connectivity index (χ3n) is 15.4. The quantitative estimate of drug-likeness (QED) is 0.101. The van der Waals surface area contributed by atoms with Crippen molar-refractivity contribution in [3.8, 4) is 56.6 Å². The largest absolute Gasteiger partial charge is 0.458 e. The molecule has 0 saturated carbocycles. The maximum absolute atomic E-state index is 9.30. The number of hydrogen-bond acceptors (Lipinski definition) is 2. The maximum atomic E-state index is 9.30. The number of nitrogens with zero attached hydrogens (tertiary/aromatic N) is 5. The molecule has 6 nitrogen and oxygen atoms in total. The van der Waals surface area contributed by atoms with Crippen LogP contribution in [-0.4, -0.2) is 18.7 Å². The second-order valence-electron chi connectivity index (χ2n) is 22.8. The van der Waals surface area contributed by atoms with Crippen LogP contribution in [0.4, 0.5) is 0 Å². The van der Waals surface area contributed by atoms with Crippen LogP contribution < -0.4 is 9.30 Å². The van der Waals surface area contributed by atoms with Gasteiger partial charge in [0, 0.05) is 39.5 Å². The van der Waals surface area contributed by atoms with Gasteiger partial charge in [-0.3, -0.25) is 13.7 Å². The van der Waals surface area contributed by atoms with E-state index in [1.165, 1.54) is 4.57 Å². The number of aromatic nitrogens is 5. The molecule has 79 heavy (non-hydrogen) atoms. The first-order valence-corrected chi connectivity index (χ1v) is 26.7. The average molecular weight is 1040 g/mol. The minimum absolute atomic E-state index is 0.00666. The second kappa shape index (κ2) is 19.2. The highest BCUT2D eigenvalue weighted by Gasteiger charge is 2.26. The first-order valence-electron chi connectivity index (χ1n) is 33.2. The van der Waals surface area contributed by atoms with Crippen LogP contribution in [0.15, 0.2) is 218 Å². The van der Waals surface area contributed by atoms with E-state index < -0.39 is 54.4 Å². The Bertz CT molecular complexity index is 5140. The number of hydrogen-bond donors (Lipinski definition) is 0. The van der Waals surface area contributed by atoms with E-state index in [1.54, 1.807) is 12.3 Å². The zero-order valence-electron chi connectivity index (χ0n) is 58.6. The van der Waals surface area contributed by atoms with Crippen molar-refractivity contribution in [1.29, 1.82) is 0 Å². The lowest BCUT2D eigenvalue weighted by Gasteiger charge is -2.27. The molecule has 4 aromatic heterocycles. The first-order chi connectivity index (χ1) is 43.6. The molecule has 13 rings (SSSR count). The molecule has 0 N–H and O–H groups in total. The van der Waals surface area contributed by atoms with Gasteiger partial charge in [-0.2, -0.15) is 0 Å². The van der Waals surface area contributed by atoms with Crippen LogP contribution in [-0.2, 0) is 10.8 Å². The molecule has 0 fully saturated rings. The van der Waals surface area contributed by atoms with Gasteiger partial charge >= 0.3 is 0 Å². The first kappa shape index (κ1) is 36.9. The van der Waals surface area contributed by atoms with Crippen molar-refractivity contribution in [1.82, 2.24) is 18.7 Å². The molecular weight excluding hydrogens is 963 g/mol. The topological polar surface area (TPSA) is 40.8 Å². The summed E-state index contributed by atoms with van der Waals surface area (Å²) in [5.74, 6) is 2.13. The number of fused-ring (bicyclic) bond motifs is 7. The Hall–Kier alpha value is -9.00. The van der Waals surface area contributed by atoms with Gasteiger partial charge in [0.15, 0.2) is 0 Å². The molecule has 0 aliphatic rings. The molecule has 0 saturated heterocycles. The average Bonchev–Trinajstić information content (AvgIpc) is 1.52.